The van der Waals surface area contributed by atoms with Gasteiger partial charge < -0.3 is 15.4 Å². The summed E-state index contributed by atoms with van der Waals surface area (Å²) in [6, 6.07) is 0.654. The number of hydrogen-bond acceptors (Lipinski definition) is 5. The van der Waals surface area contributed by atoms with E-state index in [0.29, 0.717) is 12.6 Å². The normalized spacial score (nSPS) is 25.4. The van der Waals surface area contributed by atoms with Gasteiger partial charge in [-0.05, 0) is 33.2 Å². The van der Waals surface area contributed by atoms with E-state index in [0.717, 1.165) is 37.2 Å². The third-order valence-corrected chi connectivity index (χ3v) is 5.24. The molecular formula is C16H27N5OS. The topological polar surface area (TPSA) is 61.8 Å². The van der Waals surface area contributed by atoms with E-state index in [1.807, 2.05) is 6.20 Å². The first-order valence-electron chi connectivity index (χ1n) is 8.53. The summed E-state index contributed by atoms with van der Waals surface area (Å²) in [6.07, 6.45) is 4.75. The van der Waals surface area contributed by atoms with Crippen LogP contribution in [-0.4, -0.2) is 60.8 Å². The zero-order valence-corrected chi connectivity index (χ0v) is 14.9. The average molecular weight is 337 g/mol. The largest absolute Gasteiger partial charge is 0.373 e. The molecule has 128 valence electrons. The molecule has 0 amide bonds. The maximum absolute atomic E-state index is 5.99. The van der Waals surface area contributed by atoms with Gasteiger partial charge in [0.05, 0.1) is 19.3 Å². The molecule has 2 N–H and O–H groups in total. The second kappa shape index (κ2) is 8.08. The predicted molar refractivity (Wildman–Crippen MR) is 94.0 cm³/mol. The molecule has 2 aliphatic heterocycles. The molecule has 2 fully saturated rings. The standard InChI is InChI=1S/C16H27N5OS/c1-3-17-16(20-9-15-18-7-12(2)23-15)19-8-14-10-21-6-4-5-13(21)11-22-14/h7,13-14H,3-6,8-11H2,1-2H3,(H2,17,19,20). The number of fused-ring (bicyclic) bond motifs is 1. The van der Waals surface area contributed by atoms with Gasteiger partial charge in [0.2, 0.25) is 0 Å². The first-order valence-corrected chi connectivity index (χ1v) is 9.35. The molecule has 23 heavy (non-hydrogen) atoms. The zero-order valence-electron chi connectivity index (χ0n) is 14.0. The summed E-state index contributed by atoms with van der Waals surface area (Å²) in [5.41, 5.74) is 0. The summed E-state index contributed by atoms with van der Waals surface area (Å²) >= 11 is 1.70. The summed E-state index contributed by atoms with van der Waals surface area (Å²) in [5, 5.41) is 7.75. The van der Waals surface area contributed by atoms with Crippen molar-refractivity contribution >= 4 is 17.3 Å². The maximum atomic E-state index is 5.99. The van der Waals surface area contributed by atoms with Crippen molar-refractivity contribution in [1.82, 2.24) is 20.5 Å². The Hall–Kier alpha value is -1.18. The molecule has 0 radical (unpaired) electrons. The lowest BCUT2D eigenvalue weighted by molar-refractivity contribution is -0.0453. The number of guanidine groups is 1. The number of nitrogens with one attached hydrogen (secondary N) is 2. The lowest BCUT2D eigenvalue weighted by Gasteiger charge is -2.35. The van der Waals surface area contributed by atoms with Crippen molar-refractivity contribution < 1.29 is 4.74 Å². The van der Waals surface area contributed by atoms with Gasteiger partial charge in [-0.25, -0.2) is 9.98 Å². The van der Waals surface area contributed by atoms with E-state index < -0.39 is 0 Å². The summed E-state index contributed by atoms with van der Waals surface area (Å²) in [4.78, 5) is 12.8. The van der Waals surface area contributed by atoms with Crippen LogP contribution in [-0.2, 0) is 11.3 Å². The van der Waals surface area contributed by atoms with Gasteiger partial charge in [0.15, 0.2) is 5.96 Å². The third-order valence-electron chi connectivity index (χ3n) is 4.34. The minimum Gasteiger partial charge on any atom is -0.373 e. The van der Waals surface area contributed by atoms with Crippen LogP contribution in [0.1, 0.15) is 29.7 Å². The lowest BCUT2D eigenvalue weighted by atomic mass is 10.2. The highest BCUT2D eigenvalue weighted by molar-refractivity contribution is 7.11. The van der Waals surface area contributed by atoms with Gasteiger partial charge in [-0.15, -0.1) is 11.3 Å². The van der Waals surface area contributed by atoms with Crippen LogP contribution in [0.3, 0.4) is 0 Å². The van der Waals surface area contributed by atoms with E-state index in [1.165, 1.54) is 24.3 Å². The highest BCUT2D eigenvalue weighted by atomic mass is 32.1. The molecule has 0 saturated carbocycles. The highest BCUT2D eigenvalue weighted by Gasteiger charge is 2.32. The number of aromatic nitrogens is 1. The first kappa shape index (κ1) is 16.7. The van der Waals surface area contributed by atoms with Gasteiger partial charge in [-0.2, -0.15) is 0 Å². The number of aryl methyl sites for hydroxylation is 1. The van der Waals surface area contributed by atoms with E-state index >= 15 is 0 Å². The van der Waals surface area contributed by atoms with Crippen molar-refractivity contribution in [2.45, 2.75) is 45.4 Å². The van der Waals surface area contributed by atoms with Crippen LogP contribution in [0.25, 0.3) is 0 Å². The molecule has 2 aliphatic rings. The van der Waals surface area contributed by atoms with Crippen LogP contribution in [0, 0.1) is 6.92 Å². The summed E-state index contributed by atoms with van der Waals surface area (Å²) < 4.78 is 5.99. The average Bonchev–Trinajstić information content (AvgIpc) is 3.18. The second-order valence-electron chi connectivity index (χ2n) is 6.19. The number of morpholine rings is 1. The van der Waals surface area contributed by atoms with E-state index in [1.54, 1.807) is 11.3 Å². The SMILES string of the molecule is CCNC(=NCc1ncc(C)s1)NCC1CN2CCCC2CO1. The molecule has 6 nitrogen and oxygen atoms in total. The minimum atomic E-state index is 0.246. The number of thiazole rings is 1. The molecule has 1 aromatic heterocycles. The fourth-order valence-electron chi connectivity index (χ4n) is 3.18. The van der Waals surface area contributed by atoms with Crippen LogP contribution in [0.4, 0.5) is 0 Å². The first-order chi connectivity index (χ1) is 11.2. The quantitative estimate of drug-likeness (QED) is 0.628. The van der Waals surface area contributed by atoms with E-state index in [9.17, 15) is 0 Å². The molecule has 2 unspecified atom stereocenters. The molecule has 1 aromatic rings. The Morgan fingerprint density at radius 3 is 3.22 bits per heavy atom. The Bertz CT molecular complexity index is 532. The Labute approximate surface area is 142 Å². The molecule has 0 spiro atoms. The lowest BCUT2D eigenvalue weighted by Crippen LogP contribution is -2.51. The van der Waals surface area contributed by atoms with Gasteiger partial charge in [0.25, 0.3) is 0 Å². The Morgan fingerprint density at radius 1 is 1.52 bits per heavy atom. The van der Waals surface area contributed by atoms with Crippen LogP contribution in [0.5, 0.6) is 0 Å². The summed E-state index contributed by atoms with van der Waals surface area (Å²) in [7, 11) is 0. The fourth-order valence-corrected chi connectivity index (χ4v) is 3.89. The van der Waals surface area contributed by atoms with Crippen molar-refractivity contribution in [3.05, 3.63) is 16.1 Å². The smallest absolute Gasteiger partial charge is 0.191 e. The second-order valence-corrected chi connectivity index (χ2v) is 7.51. The Balaban J connectivity index is 1.48. The van der Waals surface area contributed by atoms with Crippen molar-refractivity contribution in [1.29, 1.82) is 0 Å². The van der Waals surface area contributed by atoms with Gasteiger partial charge in [0.1, 0.15) is 5.01 Å². The van der Waals surface area contributed by atoms with E-state index in [-0.39, 0.29) is 6.10 Å². The summed E-state index contributed by atoms with van der Waals surface area (Å²) in [6.45, 7) is 9.54. The fraction of sp³-hybridized carbons (Fsp3) is 0.750. The van der Waals surface area contributed by atoms with Crippen molar-refractivity contribution in [3.63, 3.8) is 0 Å². The van der Waals surface area contributed by atoms with Crippen molar-refractivity contribution in [2.75, 3.05) is 32.8 Å². The maximum Gasteiger partial charge on any atom is 0.191 e. The number of aliphatic imine (C=N–C) groups is 1. The van der Waals surface area contributed by atoms with E-state index in [2.05, 4.69) is 39.4 Å². The molecule has 0 aliphatic carbocycles. The van der Waals surface area contributed by atoms with Gasteiger partial charge >= 0.3 is 0 Å². The van der Waals surface area contributed by atoms with Crippen LogP contribution in [0.2, 0.25) is 0 Å². The van der Waals surface area contributed by atoms with Gasteiger partial charge in [0, 0.05) is 36.8 Å². The number of rotatable bonds is 5. The van der Waals surface area contributed by atoms with Gasteiger partial charge in [-0.3, -0.25) is 4.90 Å². The van der Waals surface area contributed by atoms with Crippen molar-refractivity contribution in [2.24, 2.45) is 4.99 Å². The third kappa shape index (κ3) is 4.65. The van der Waals surface area contributed by atoms with Crippen LogP contribution < -0.4 is 10.6 Å². The number of nitrogens with zero attached hydrogens (tertiary/aromatic N) is 3. The van der Waals surface area contributed by atoms with Crippen LogP contribution in [0.15, 0.2) is 11.2 Å². The minimum absolute atomic E-state index is 0.246. The Morgan fingerprint density at radius 2 is 2.43 bits per heavy atom. The molecule has 2 saturated heterocycles. The van der Waals surface area contributed by atoms with E-state index in [4.69, 9.17) is 4.74 Å². The van der Waals surface area contributed by atoms with Crippen LogP contribution >= 0.6 is 11.3 Å². The number of ether oxygens (including phenoxy) is 1. The highest BCUT2D eigenvalue weighted by Crippen LogP contribution is 2.22. The molecule has 7 heteroatoms. The summed E-state index contributed by atoms with van der Waals surface area (Å²) in [5.74, 6) is 0.840. The molecule has 3 rings (SSSR count). The zero-order chi connectivity index (χ0) is 16.1. The number of hydrogen-bond donors (Lipinski definition) is 2. The molecule has 0 aromatic carbocycles. The Kier molecular flexibility index (Phi) is 5.85. The van der Waals surface area contributed by atoms with Crippen molar-refractivity contribution in [3.8, 4) is 0 Å². The molecule has 0 bridgehead atoms. The monoisotopic (exact) mass is 337 g/mol. The van der Waals surface area contributed by atoms with Gasteiger partial charge in [-0.1, -0.05) is 0 Å². The molecule has 2 atom stereocenters. The molecule has 3 heterocycles. The predicted octanol–water partition coefficient (Wildman–Crippen LogP) is 1.37. The molecular weight excluding hydrogens is 310 g/mol.